The minimum Gasteiger partial charge on any atom is -0.356 e. The molecule has 5 aliphatic rings. The van der Waals surface area contributed by atoms with Crippen molar-refractivity contribution in [2.24, 2.45) is 0 Å². The monoisotopic (exact) mass is 1720 g/mol. The van der Waals surface area contributed by atoms with E-state index < -0.39 is 0 Å². The highest BCUT2D eigenvalue weighted by Crippen LogP contribution is 2.59. The lowest BCUT2D eigenvalue weighted by molar-refractivity contribution is -0.0443. The van der Waals surface area contributed by atoms with E-state index in [1.807, 2.05) is 24.3 Å². The molecule has 11 aromatic rings. The Morgan fingerprint density at radius 3 is 0.863 bits per heavy atom. The fourth-order valence-corrected chi connectivity index (χ4v) is 20.1. The van der Waals surface area contributed by atoms with E-state index in [1.165, 1.54) is 256 Å². The molecule has 0 atom stereocenters. The van der Waals surface area contributed by atoms with Gasteiger partial charge in [0.25, 0.3) is 0 Å². The van der Waals surface area contributed by atoms with E-state index in [0.29, 0.717) is 39.6 Å². The van der Waals surface area contributed by atoms with Gasteiger partial charge in [-0.25, -0.2) is 0 Å². The van der Waals surface area contributed by atoms with Crippen LogP contribution >= 0.6 is 15.9 Å². The van der Waals surface area contributed by atoms with Crippen molar-refractivity contribution in [3.05, 3.63) is 308 Å². The number of nitrogens with one attached hydrogen (secondary N) is 2. The number of aryl methyl sites for hydroxylation is 4. The van der Waals surface area contributed by atoms with Crippen LogP contribution in [0.25, 0.3) is 22.3 Å². The first-order valence-electron chi connectivity index (χ1n) is 47.5. The summed E-state index contributed by atoms with van der Waals surface area (Å²) in [6.07, 6.45) is 35.0. The van der Waals surface area contributed by atoms with E-state index in [9.17, 15) is 0 Å². The van der Waals surface area contributed by atoms with Gasteiger partial charge in [0, 0.05) is 88.9 Å². The number of unbranched alkanes of at least 4 members (excludes halogenated alkanes) is 20. The normalized spacial score (nSPS) is 14.9. The lowest BCUT2D eigenvalue weighted by Crippen LogP contribution is -2.26. The zero-order valence-electron chi connectivity index (χ0n) is 75.6. The fourth-order valence-electron chi connectivity index (χ4n) is 19.7. The average Bonchev–Trinajstić information content (AvgIpc) is 1.56. The van der Waals surface area contributed by atoms with Crippen LogP contribution in [-0.2, 0) is 39.3 Å². The molecule has 16 rings (SSSR count). The minimum absolute atomic E-state index is 0.0365. The van der Waals surface area contributed by atoms with Crippen LogP contribution in [0.15, 0.2) is 247 Å². The predicted molar refractivity (Wildman–Crippen MR) is 523 cm³/mol. The van der Waals surface area contributed by atoms with Crippen molar-refractivity contribution in [3.63, 3.8) is 0 Å². The zero-order chi connectivity index (χ0) is 85.9. The van der Waals surface area contributed by atoms with Crippen LogP contribution in [0.5, 0.6) is 0 Å². The highest BCUT2D eigenvalue weighted by atomic mass is 79.9. The van der Waals surface area contributed by atoms with Crippen molar-refractivity contribution < 1.29 is 28.4 Å². The molecule has 2 aliphatic carbocycles. The maximum absolute atomic E-state index is 6.03. The standard InChI is InChI=1S/C61H72N2O4.C43H56N2.C9H9BrO2/c1-5-7-9-11-13-15-33-61(34-16-14-12-10-8-6-2)57-43-53(62(49-25-17-21-45(3)39-49)51-27-19-23-47(41-51)59-64-35-36-65-59)29-31-55(57)56-32-30-54(44-58(56)61)63(50-26-18-22-46(4)40-50)52-28-20-24-48(42-52)60-66-37-38-67-60;1-5-7-9-11-13-15-27-43(28-16-14-12-10-8-6-2)41-31-37(44-35-21-17-19-33(3)29-35)23-25-39(41)40-26-24-38(32-42(40)43)45-36-22-18-20-34(4)30-36;10-8-3-1-2-7(6-8)9-11-4-5-12-9/h17-32,39-44,59-60H,5-16,33-38H2,1-4H3;17-26,29-32,44-45H,5-16,27-28H2,1-4H3;1-3,6,9H,4-5H2. The third-order valence-corrected chi connectivity index (χ3v) is 26.4. The van der Waals surface area contributed by atoms with Crippen LogP contribution in [0.3, 0.4) is 0 Å². The van der Waals surface area contributed by atoms with E-state index >= 15 is 0 Å². The molecule has 3 heterocycles. The third kappa shape index (κ3) is 23.4. The number of fused-ring (bicyclic) bond motifs is 6. The molecule has 0 saturated carbocycles. The second-order valence-corrected chi connectivity index (χ2v) is 36.4. The highest BCUT2D eigenvalue weighted by molar-refractivity contribution is 9.10. The number of benzene rings is 11. The molecule has 11 heteroatoms. The number of hydrogen-bond acceptors (Lipinski definition) is 10. The smallest absolute Gasteiger partial charge is 0.184 e. The summed E-state index contributed by atoms with van der Waals surface area (Å²) in [5.74, 6) is 0. The Morgan fingerprint density at radius 2 is 0.532 bits per heavy atom. The van der Waals surface area contributed by atoms with Gasteiger partial charge in [0.2, 0.25) is 0 Å². The first-order chi connectivity index (χ1) is 60.8. The van der Waals surface area contributed by atoms with Gasteiger partial charge in [0.05, 0.1) is 39.6 Å². The quantitative estimate of drug-likeness (QED) is 0.0362. The molecule has 3 fully saturated rings. The van der Waals surface area contributed by atoms with Crippen LogP contribution in [0.2, 0.25) is 0 Å². The van der Waals surface area contributed by atoms with Crippen molar-refractivity contribution in [2.45, 2.75) is 265 Å². The summed E-state index contributed by atoms with van der Waals surface area (Å²) >= 11 is 3.40. The maximum Gasteiger partial charge on any atom is 0.184 e. The molecule has 0 unspecified atom stereocenters. The van der Waals surface area contributed by atoms with Gasteiger partial charge in [0.1, 0.15) is 0 Å². The minimum atomic E-state index is -0.350. The third-order valence-electron chi connectivity index (χ3n) is 26.0. The average molecular weight is 1730 g/mol. The lowest BCUT2D eigenvalue weighted by Gasteiger charge is -2.35. The number of ether oxygens (including phenoxy) is 6. The first kappa shape index (κ1) is 91.1. The molecule has 0 bridgehead atoms. The number of anilines is 10. The van der Waals surface area contributed by atoms with E-state index in [2.05, 4.69) is 310 Å². The molecule has 0 radical (unpaired) electrons. The van der Waals surface area contributed by atoms with Crippen LogP contribution in [-0.4, -0.2) is 39.6 Å². The Bertz CT molecular complexity index is 4900. The molecule has 11 aromatic carbocycles. The van der Waals surface area contributed by atoms with E-state index in [1.54, 1.807) is 0 Å². The lowest BCUT2D eigenvalue weighted by atomic mass is 9.70. The highest BCUT2D eigenvalue weighted by Gasteiger charge is 2.45. The molecule has 3 aliphatic heterocycles. The Hall–Kier alpha value is -9.14. The molecule has 652 valence electrons. The van der Waals surface area contributed by atoms with Crippen LogP contribution in [0, 0.1) is 27.7 Å². The van der Waals surface area contributed by atoms with Gasteiger partial charge >= 0.3 is 0 Å². The topological polar surface area (TPSA) is 85.9 Å². The maximum atomic E-state index is 6.03. The van der Waals surface area contributed by atoms with Crippen molar-refractivity contribution in [1.29, 1.82) is 0 Å². The van der Waals surface area contributed by atoms with Gasteiger partial charge in [-0.1, -0.05) is 307 Å². The van der Waals surface area contributed by atoms with Crippen molar-refractivity contribution in [2.75, 3.05) is 60.1 Å². The predicted octanol–water partition coefficient (Wildman–Crippen LogP) is 33.2. The van der Waals surface area contributed by atoms with Gasteiger partial charge in [-0.15, -0.1) is 0 Å². The van der Waals surface area contributed by atoms with Gasteiger partial charge in [-0.3, -0.25) is 0 Å². The number of hydrogen-bond donors (Lipinski definition) is 2. The van der Waals surface area contributed by atoms with Gasteiger partial charge in [-0.2, -0.15) is 0 Å². The SMILES string of the molecule is Brc1cccc(C2OCCO2)c1.CCCCCCCCC1(CCCCCCCC)c2cc(N(c3cccc(C)c3)c3cccc(C4OCCO4)c3)ccc2-c2ccc(N(c3cccc(C)c3)c3cccc(C4OCCO4)c3)cc21.CCCCCCCCC1(CCCCCCCC)c2cc(Nc3cccc(C)c3)ccc2-c2ccc(Nc3cccc(C)c3)cc21. The fraction of sp³-hybridized carbons (Fsp3) is 0.416. The Labute approximate surface area is 751 Å². The second-order valence-electron chi connectivity index (χ2n) is 35.5. The first-order valence-corrected chi connectivity index (χ1v) is 48.3. The largest absolute Gasteiger partial charge is 0.356 e. The molecular weight excluding hydrogens is 1590 g/mol. The molecule has 0 amide bonds. The van der Waals surface area contributed by atoms with E-state index in [0.717, 1.165) is 68.1 Å². The number of halogens is 1. The summed E-state index contributed by atoms with van der Waals surface area (Å²) in [5, 5.41) is 7.51. The zero-order valence-corrected chi connectivity index (χ0v) is 77.2. The van der Waals surface area contributed by atoms with Gasteiger partial charge < -0.3 is 48.9 Å². The van der Waals surface area contributed by atoms with Crippen LogP contribution < -0.4 is 20.4 Å². The van der Waals surface area contributed by atoms with Crippen LogP contribution in [0.1, 0.15) is 288 Å². The van der Waals surface area contributed by atoms with Crippen molar-refractivity contribution in [3.8, 4) is 22.3 Å². The van der Waals surface area contributed by atoms with E-state index in [-0.39, 0.29) is 29.7 Å². The summed E-state index contributed by atoms with van der Waals surface area (Å²) in [7, 11) is 0. The van der Waals surface area contributed by atoms with Crippen molar-refractivity contribution in [1.82, 2.24) is 0 Å². The Balaban J connectivity index is 0.000000187. The van der Waals surface area contributed by atoms with Gasteiger partial charge in [0.15, 0.2) is 18.9 Å². The molecule has 0 aromatic heterocycles. The Morgan fingerprint density at radius 1 is 0.266 bits per heavy atom. The molecule has 0 spiro atoms. The summed E-state index contributed by atoms with van der Waals surface area (Å²) in [5.41, 5.74) is 31.2. The number of nitrogens with zero attached hydrogens (tertiary/aromatic N) is 2. The second kappa shape index (κ2) is 45.8. The van der Waals surface area contributed by atoms with Crippen molar-refractivity contribution >= 4 is 72.8 Å². The summed E-state index contributed by atoms with van der Waals surface area (Å²) in [6.45, 7) is 21.8. The summed E-state index contributed by atoms with van der Waals surface area (Å²) in [6, 6.07) is 89.9. The molecule has 10 nitrogen and oxygen atoms in total. The van der Waals surface area contributed by atoms with Crippen LogP contribution in [0.4, 0.5) is 56.9 Å². The Kier molecular flexibility index (Phi) is 33.7. The van der Waals surface area contributed by atoms with E-state index in [4.69, 9.17) is 28.4 Å². The van der Waals surface area contributed by atoms with Gasteiger partial charge in [-0.05, 0) is 254 Å². The number of rotatable bonds is 41. The molecule has 2 N–H and O–H groups in total. The summed E-state index contributed by atoms with van der Waals surface area (Å²) < 4.78 is 35.9. The summed E-state index contributed by atoms with van der Waals surface area (Å²) in [4.78, 5) is 4.90. The molecular formula is C113H137BrN4O6. The molecule has 124 heavy (non-hydrogen) atoms. The molecule has 3 saturated heterocycles.